The number of carbonyl (C=O) groups excluding carboxylic acids is 1. The van der Waals surface area contributed by atoms with Crippen molar-refractivity contribution >= 4 is 12.0 Å². The van der Waals surface area contributed by atoms with E-state index in [9.17, 15) is 4.79 Å². The predicted octanol–water partition coefficient (Wildman–Crippen LogP) is 3.58. The second-order valence-electron chi connectivity index (χ2n) is 5.32. The zero-order valence-electron chi connectivity index (χ0n) is 10.6. The summed E-state index contributed by atoms with van der Waals surface area (Å²) in [5.41, 5.74) is 2.49. The second kappa shape index (κ2) is 4.97. The van der Waals surface area contributed by atoms with Gasteiger partial charge in [0.25, 0.3) is 0 Å². The summed E-state index contributed by atoms with van der Waals surface area (Å²) in [6.07, 6.45) is 9.88. The summed E-state index contributed by atoms with van der Waals surface area (Å²) >= 11 is 0. The molecular weight excluding hydrogens is 222 g/mol. The number of rotatable bonds is 1. The van der Waals surface area contributed by atoms with Crippen LogP contribution in [0.5, 0.6) is 0 Å². The SMILES string of the molecule is O=C(C1CCCCC1)N1C=Cc2ccccc2C1. The van der Waals surface area contributed by atoms with Crippen LogP contribution >= 0.6 is 0 Å². The lowest BCUT2D eigenvalue weighted by molar-refractivity contribution is -0.134. The predicted molar refractivity (Wildman–Crippen MR) is 72.6 cm³/mol. The number of nitrogens with zero attached hydrogens (tertiary/aromatic N) is 1. The third kappa shape index (κ3) is 2.20. The van der Waals surface area contributed by atoms with Crippen molar-refractivity contribution in [2.45, 2.75) is 38.6 Å². The molecule has 1 aromatic carbocycles. The average molecular weight is 241 g/mol. The van der Waals surface area contributed by atoms with Crippen LogP contribution in [0.15, 0.2) is 30.5 Å². The van der Waals surface area contributed by atoms with Crippen molar-refractivity contribution in [2.75, 3.05) is 0 Å². The summed E-state index contributed by atoms with van der Waals surface area (Å²) in [5.74, 6) is 0.578. The van der Waals surface area contributed by atoms with Crippen molar-refractivity contribution in [1.82, 2.24) is 4.90 Å². The van der Waals surface area contributed by atoms with E-state index in [4.69, 9.17) is 0 Å². The van der Waals surface area contributed by atoms with Gasteiger partial charge >= 0.3 is 0 Å². The highest BCUT2D eigenvalue weighted by molar-refractivity contribution is 5.81. The van der Waals surface area contributed by atoms with Gasteiger partial charge in [-0.15, -0.1) is 0 Å². The van der Waals surface area contributed by atoms with E-state index in [1.165, 1.54) is 30.4 Å². The van der Waals surface area contributed by atoms with E-state index in [-0.39, 0.29) is 5.92 Å². The number of fused-ring (bicyclic) bond motifs is 1. The fourth-order valence-electron chi connectivity index (χ4n) is 2.98. The standard InChI is InChI=1S/C16H19NO/c18-16(14-7-2-1-3-8-14)17-11-10-13-6-4-5-9-15(13)12-17/h4-6,9-11,14H,1-3,7-8,12H2. The molecule has 3 rings (SSSR count). The number of amides is 1. The summed E-state index contributed by atoms with van der Waals surface area (Å²) in [6, 6.07) is 8.30. The molecule has 0 atom stereocenters. The van der Waals surface area contributed by atoms with Gasteiger partial charge in [0.1, 0.15) is 0 Å². The largest absolute Gasteiger partial charge is 0.314 e. The molecule has 2 nitrogen and oxygen atoms in total. The number of hydrogen-bond donors (Lipinski definition) is 0. The Bertz CT molecular complexity index is 472. The molecular formula is C16H19NO. The molecule has 0 unspecified atom stereocenters. The Morgan fingerprint density at radius 1 is 1.11 bits per heavy atom. The highest BCUT2D eigenvalue weighted by Crippen LogP contribution is 2.28. The molecule has 0 N–H and O–H groups in total. The summed E-state index contributed by atoms with van der Waals surface area (Å²) < 4.78 is 0. The molecule has 0 bridgehead atoms. The van der Waals surface area contributed by atoms with Gasteiger partial charge in [0, 0.05) is 12.1 Å². The van der Waals surface area contributed by atoms with Crippen LogP contribution in [0.2, 0.25) is 0 Å². The first-order valence-corrected chi connectivity index (χ1v) is 6.91. The summed E-state index contributed by atoms with van der Waals surface area (Å²) in [6.45, 7) is 0.738. The van der Waals surface area contributed by atoms with Crippen molar-refractivity contribution in [3.8, 4) is 0 Å². The van der Waals surface area contributed by atoms with Crippen molar-refractivity contribution in [2.24, 2.45) is 5.92 Å². The normalized spacial score (nSPS) is 19.7. The molecule has 1 fully saturated rings. The maximum atomic E-state index is 12.4. The van der Waals surface area contributed by atoms with Gasteiger partial charge in [-0.1, -0.05) is 43.5 Å². The quantitative estimate of drug-likeness (QED) is 0.736. The fraction of sp³-hybridized carbons (Fsp3) is 0.438. The molecule has 1 saturated carbocycles. The minimum atomic E-state index is 0.258. The second-order valence-corrected chi connectivity index (χ2v) is 5.32. The van der Waals surface area contributed by atoms with Crippen LogP contribution in [0.3, 0.4) is 0 Å². The van der Waals surface area contributed by atoms with Gasteiger partial charge in [-0.3, -0.25) is 4.79 Å². The number of hydrogen-bond acceptors (Lipinski definition) is 1. The fourth-order valence-corrected chi connectivity index (χ4v) is 2.98. The summed E-state index contributed by atoms with van der Waals surface area (Å²) in [5, 5.41) is 0. The monoisotopic (exact) mass is 241 g/mol. The molecule has 18 heavy (non-hydrogen) atoms. The zero-order valence-corrected chi connectivity index (χ0v) is 10.6. The molecule has 1 amide bonds. The van der Waals surface area contributed by atoms with Crippen molar-refractivity contribution in [3.05, 3.63) is 41.6 Å². The van der Waals surface area contributed by atoms with E-state index in [2.05, 4.69) is 18.2 Å². The molecule has 0 saturated heterocycles. The Balaban J connectivity index is 1.74. The van der Waals surface area contributed by atoms with E-state index < -0.39 is 0 Å². The van der Waals surface area contributed by atoms with Crippen molar-refractivity contribution < 1.29 is 4.79 Å². The molecule has 1 aromatic rings. The first kappa shape index (κ1) is 11.5. The maximum absolute atomic E-state index is 12.4. The van der Waals surface area contributed by atoms with E-state index in [0.29, 0.717) is 5.91 Å². The molecule has 94 valence electrons. The molecule has 2 aliphatic rings. The summed E-state index contributed by atoms with van der Waals surface area (Å²) in [7, 11) is 0. The molecule has 1 aliphatic heterocycles. The Morgan fingerprint density at radius 2 is 1.89 bits per heavy atom. The van der Waals surface area contributed by atoms with Crippen molar-refractivity contribution in [3.63, 3.8) is 0 Å². The molecule has 2 heteroatoms. The van der Waals surface area contributed by atoms with Gasteiger partial charge < -0.3 is 4.90 Å². The van der Waals surface area contributed by atoms with Crippen LogP contribution in [0.25, 0.3) is 6.08 Å². The van der Waals surface area contributed by atoms with Gasteiger partial charge in [-0.05, 0) is 30.0 Å². The van der Waals surface area contributed by atoms with Crippen LogP contribution in [0, 0.1) is 5.92 Å². The Morgan fingerprint density at radius 3 is 2.72 bits per heavy atom. The van der Waals surface area contributed by atoms with Crippen LogP contribution < -0.4 is 0 Å². The van der Waals surface area contributed by atoms with Crippen LogP contribution in [0.4, 0.5) is 0 Å². The molecule has 0 aromatic heterocycles. The maximum Gasteiger partial charge on any atom is 0.229 e. The third-order valence-corrected chi connectivity index (χ3v) is 4.07. The molecule has 1 heterocycles. The van der Waals surface area contributed by atoms with Crippen molar-refractivity contribution in [1.29, 1.82) is 0 Å². The number of carbonyl (C=O) groups is 1. The van der Waals surface area contributed by atoms with Crippen LogP contribution in [0.1, 0.15) is 43.2 Å². The Labute approximate surface area is 108 Å². The first-order chi connectivity index (χ1) is 8.84. The third-order valence-electron chi connectivity index (χ3n) is 4.07. The summed E-state index contributed by atoms with van der Waals surface area (Å²) in [4.78, 5) is 14.3. The van der Waals surface area contributed by atoms with Gasteiger partial charge in [0.15, 0.2) is 0 Å². The lowest BCUT2D eigenvalue weighted by Gasteiger charge is -2.29. The minimum Gasteiger partial charge on any atom is -0.314 e. The van der Waals surface area contributed by atoms with E-state index in [1.54, 1.807) is 0 Å². The highest BCUT2D eigenvalue weighted by atomic mass is 16.2. The highest BCUT2D eigenvalue weighted by Gasteiger charge is 2.26. The lowest BCUT2D eigenvalue weighted by atomic mass is 9.88. The topological polar surface area (TPSA) is 20.3 Å². The Hall–Kier alpha value is -1.57. The number of benzene rings is 1. The van der Waals surface area contributed by atoms with Crippen LogP contribution in [-0.4, -0.2) is 10.8 Å². The smallest absolute Gasteiger partial charge is 0.229 e. The lowest BCUT2D eigenvalue weighted by Crippen LogP contribution is -2.34. The molecule has 1 aliphatic carbocycles. The average Bonchev–Trinajstić information content (AvgIpc) is 2.47. The minimum absolute atomic E-state index is 0.258. The van der Waals surface area contributed by atoms with Gasteiger partial charge in [-0.2, -0.15) is 0 Å². The first-order valence-electron chi connectivity index (χ1n) is 6.91. The molecule has 0 radical (unpaired) electrons. The van der Waals surface area contributed by atoms with Gasteiger partial charge in [0.05, 0.1) is 6.54 Å². The van der Waals surface area contributed by atoms with E-state index in [1.807, 2.05) is 23.2 Å². The molecule has 0 spiro atoms. The van der Waals surface area contributed by atoms with Gasteiger partial charge in [0.2, 0.25) is 5.91 Å². The zero-order chi connectivity index (χ0) is 12.4. The Kier molecular flexibility index (Phi) is 3.18. The van der Waals surface area contributed by atoms with E-state index in [0.717, 1.165) is 19.4 Å². The van der Waals surface area contributed by atoms with Crippen LogP contribution in [-0.2, 0) is 11.3 Å². The van der Waals surface area contributed by atoms with Gasteiger partial charge in [-0.25, -0.2) is 0 Å². The van der Waals surface area contributed by atoms with E-state index >= 15 is 0 Å².